The van der Waals surface area contributed by atoms with Crippen LogP contribution in [0.3, 0.4) is 0 Å². The van der Waals surface area contributed by atoms with Crippen LogP contribution in [0.2, 0.25) is 5.02 Å². The normalized spacial score (nSPS) is 12.3. The molecule has 3 nitrogen and oxygen atoms in total. The Hall–Kier alpha value is -3.08. The summed E-state index contributed by atoms with van der Waals surface area (Å²) in [5.41, 5.74) is -4.73. The smallest absolute Gasteiger partial charge is 0.416 e. The maximum Gasteiger partial charge on any atom is 0.416 e. The third kappa shape index (κ3) is 5.21. The molecule has 3 aromatic rings. The number of carbonyl (C=O) groups excluding carboxylic acids is 1. The molecule has 0 spiro atoms. The number of amides is 1. The van der Waals surface area contributed by atoms with E-state index in [1.165, 1.54) is 24.3 Å². The molecule has 0 fully saturated rings. The fraction of sp³-hybridized carbons (Fsp3) is 0.150. The van der Waals surface area contributed by atoms with Gasteiger partial charge in [-0.25, -0.2) is 8.78 Å². The lowest BCUT2D eigenvalue weighted by Gasteiger charge is -2.14. The van der Waals surface area contributed by atoms with Crippen LogP contribution >= 0.6 is 11.6 Å². The first-order chi connectivity index (χ1) is 14.8. The molecular formula is C20H10ClF8NO2. The fourth-order valence-electron chi connectivity index (χ4n) is 2.73. The van der Waals surface area contributed by atoms with Gasteiger partial charge in [0.05, 0.1) is 16.7 Å². The number of hydrogen-bond donors (Lipinski definition) is 1. The van der Waals surface area contributed by atoms with Gasteiger partial charge in [-0.15, -0.1) is 0 Å². The topological polar surface area (TPSA) is 42.2 Å². The number of anilines is 1. The lowest BCUT2D eigenvalue weighted by Crippen LogP contribution is -2.16. The Morgan fingerprint density at radius 1 is 0.875 bits per heavy atom. The first-order valence-corrected chi connectivity index (χ1v) is 8.92. The molecule has 12 heteroatoms. The lowest BCUT2D eigenvalue weighted by atomic mass is 10.1. The molecular weight excluding hydrogens is 474 g/mol. The van der Waals surface area contributed by atoms with Gasteiger partial charge in [0, 0.05) is 16.3 Å². The number of hydrogen-bond acceptors (Lipinski definition) is 2. The van der Waals surface area contributed by atoms with E-state index >= 15 is 0 Å². The van der Waals surface area contributed by atoms with Crippen molar-refractivity contribution < 1.29 is 44.3 Å². The highest BCUT2D eigenvalue weighted by Crippen LogP contribution is 2.38. The number of halogens is 9. The zero-order valence-electron chi connectivity index (χ0n) is 15.4. The number of benzene rings is 2. The molecule has 0 unspecified atom stereocenters. The summed E-state index contributed by atoms with van der Waals surface area (Å²) in [6.45, 7) is 0. The van der Waals surface area contributed by atoms with E-state index in [0.29, 0.717) is 5.02 Å². The summed E-state index contributed by atoms with van der Waals surface area (Å²) in [5.74, 6) is -2.66. The maximum atomic E-state index is 13.4. The number of alkyl halides is 8. The van der Waals surface area contributed by atoms with Crippen molar-refractivity contribution in [3.63, 3.8) is 0 Å². The molecule has 0 radical (unpaired) electrons. The molecule has 2 aromatic carbocycles. The molecule has 0 aliphatic rings. The molecule has 0 atom stereocenters. The van der Waals surface area contributed by atoms with Gasteiger partial charge in [0.2, 0.25) is 0 Å². The minimum Gasteiger partial charge on any atom is -0.454 e. The Bertz CT molecular complexity index is 1100. The van der Waals surface area contributed by atoms with Gasteiger partial charge in [-0.05, 0) is 48.5 Å². The third-order valence-electron chi connectivity index (χ3n) is 4.18. The summed E-state index contributed by atoms with van der Waals surface area (Å²) < 4.78 is 110. The van der Waals surface area contributed by atoms with Crippen LogP contribution in [0.5, 0.6) is 0 Å². The minimum absolute atomic E-state index is 0.128. The van der Waals surface area contributed by atoms with Gasteiger partial charge in [-0.3, -0.25) is 4.79 Å². The summed E-state index contributed by atoms with van der Waals surface area (Å²) in [7, 11) is 0. The molecule has 0 saturated heterocycles. The van der Waals surface area contributed by atoms with Crippen LogP contribution in [0.15, 0.2) is 52.9 Å². The Balaban J connectivity index is 2.00. The van der Waals surface area contributed by atoms with Crippen molar-refractivity contribution in [2.24, 2.45) is 0 Å². The van der Waals surface area contributed by atoms with Gasteiger partial charge < -0.3 is 9.73 Å². The first-order valence-electron chi connectivity index (χ1n) is 8.54. The van der Waals surface area contributed by atoms with Crippen LogP contribution in [-0.4, -0.2) is 5.91 Å². The summed E-state index contributed by atoms with van der Waals surface area (Å²) in [6, 6.07) is 6.94. The summed E-state index contributed by atoms with van der Waals surface area (Å²) in [5, 5.41) is 2.13. The van der Waals surface area contributed by atoms with Crippen LogP contribution in [0.25, 0.3) is 11.3 Å². The van der Waals surface area contributed by atoms with Gasteiger partial charge in [-0.2, -0.15) is 26.3 Å². The second-order valence-electron chi connectivity index (χ2n) is 6.44. The van der Waals surface area contributed by atoms with Gasteiger partial charge in [-0.1, -0.05) is 11.6 Å². The highest BCUT2D eigenvalue weighted by atomic mass is 35.5. The molecule has 0 saturated carbocycles. The van der Waals surface area contributed by atoms with E-state index in [1.54, 1.807) is 5.32 Å². The highest BCUT2D eigenvalue weighted by Gasteiger charge is 2.37. The Labute approximate surface area is 179 Å². The molecule has 1 heterocycles. The molecule has 1 N–H and O–H groups in total. The molecule has 0 aliphatic carbocycles. The van der Waals surface area contributed by atoms with E-state index in [2.05, 4.69) is 0 Å². The number of carbonyl (C=O) groups is 1. The van der Waals surface area contributed by atoms with Crippen molar-refractivity contribution in [1.82, 2.24) is 0 Å². The van der Waals surface area contributed by atoms with E-state index < -0.39 is 52.8 Å². The van der Waals surface area contributed by atoms with E-state index in [-0.39, 0.29) is 29.5 Å². The fourth-order valence-corrected chi connectivity index (χ4v) is 2.85. The highest BCUT2D eigenvalue weighted by molar-refractivity contribution is 6.30. The van der Waals surface area contributed by atoms with E-state index in [9.17, 15) is 39.9 Å². The minimum atomic E-state index is -5.15. The van der Waals surface area contributed by atoms with Crippen LogP contribution < -0.4 is 5.32 Å². The predicted molar refractivity (Wildman–Crippen MR) is 98.5 cm³/mol. The zero-order chi connectivity index (χ0) is 23.8. The Morgan fingerprint density at radius 2 is 1.41 bits per heavy atom. The zero-order valence-corrected chi connectivity index (χ0v) is 16.2. The lowest BCUT2D eigenvalue weighted by molar-refractivity contribution is -0.143. The average molecular weight is 484 g/mol. The summed E-state index contributed by atoms with van der Waals surface area (Å²) in [6.07, 6.45) is -13.6. The number of furan rings is 1. The standard InChI is InChI=1S/C20H10ClF8NO2/c21-12-3-1-9(2-4-12)15-8-14(16(32-15)17(22)23)18(31)30-13-6-10(19(24,25)26)5-11(7-13)20(27,28)29/h1-8,17H,(H,30,31). The van der Waals surface area contributed by atoms with Crippen molar-refractivity contribution in [1.29, 1.82) is 0 Å². The maximum absolute atomic E-state index is 13.4. The monoisotopic (exact) mass is 483 g/mol. The molecule has 170 valence electrons. The van der Waals surface area contributed by atoms with Gasteiger partial charge in [0.1, 0.15) is 5.76 Å². The van der Waals surface area contributed by atoms with E-state index in [4.69, 9.17) is 16.0 Å². The first kappa shape index (κ1) is 23.6. The number of nitrogens with one attached hydrogen (secondary N) is 1. The van der Waals surface area contributed by atoms with Crippen molar-refractivity contribution in [3.05, 3.63) is 76.0 Å². The van der Waals surface area contributed by atoms with Crippen molar-refractivity contribution in [2.75, 3.05) is 5.32 Å². The molecule has 3 rings (SSSR count). The second kappa shape index (κ2) is 8.45. The molecule has 1 amide bonds. The summed E-state index contributed by atoms with van der Waals surface area (Å²) >= 11 is 5.74. The van der Waals surface area contributed by atoms with Crippen molar-refractivity contribution >= 4 is 23.2 Å². The predicted octanol–water partition coefficient (Wildman–Crippen LogP) is 7.83. The van der Waals surface area contributed by atoms with Crippen LogP contribution in [0, 0.1) is 0 Å². The van der Waals surface area contributed by atoms with Gasteiger partial charge in [0.25, 0.3) is 12.3 Å². The quantitative estimate of drug-likeness (QED) is 0.384. The van der Waals surface area contributed by atoms with E-state index in [1.807, 2.05) is 0 Å². The Morgan fingerprint density at radius 3 is 1.88 bits per heavy atom. The SMILES string of the molecule is O=C(Nc1cc(C(F)(F)F)cc(C(F)(F)F)c1)c1cc(-c2ccc(Cl)cc2)oc1C(F)F. The van der Waals surface area contributed by atoms with Crippen molar-refractivity contribution in [2.45, 2.75) is 18.8 Å². The molecule has 1 aromatic heterocycles. The molecule has 32 heavy (non-hydrogen) atoms. The molecule has 0 bridgehead atoms. The van der Waals surface area contributed by atoms with E-state index in [0.717, 1.165) is 6.07 Å². The van der Waals surface area contributed by atoms with Gasteiger partial charge in [0.15, 0.2) is 5.76 Å². The van der Waals surface area contributed by atoms with Crippen molar-refractivity contribution in [3.8, 4) is 11.3 Å². The Kier molecular flexibility index (Phi) is 6.23. The summed E-state index contributed by atoms with van der Waals surface area (Å²) in [4.78, 5) is 12.5. The van der Waals surface area contributed by atoms with Crippen LogP contribution in [-0.2, 0) is 12.4 Å². The largest absolute Gasteiger partial charge is 0.454 e. The van der Waals surface area contributed by atoms with Gasteiger partial charge >= 0.3 is 12.4 Å². The van der Waals surface area contributed by atoms with Crippen LogP contribution in [0.1, 0.15) is 33.7 Å². The number of rotatable bonds is 4. The third-order valence-corrected chi connectivity index (χ3v) is 4.43. The average Bonchev–Trinajstić information content (AvgIpc) is 3.13. The molecule has 0 aliphatic heterocycles. The van der Waals surface area contributed by atoms with Crippen LogP contribution in [0.4, 0.5) is 40.8 Å². The second-order valence-corrected chi connectivity index (χ2v) is 6.88.